The number of aromatic hydroxyl groups is 1. The molecule has 3 N–H and O–H groups in total. The van der Waals surface area contributed by atoms with Gasteiger partial charge in [-0.1, -0.05) is 30.3 Å². The zero-order valence-electron chi connectivity index (χ0n) is 11.2. The molecule has 0 unspecified atom stereocenters. The number of aromatic carboxylic acids is 1. The molecule has 0 fully saturated rings. The fourth-order valence-electron chi connectivity index (χ4n) is 1.71. The fraction of sp³-hybridized carbons (Fsp3) is 0.0667. The minimum absolute atomic E-state index is 0.0950. The Morgan fingerprint density at radius 2 is 1.86 bits per heavy atom. The van der Waals surface area contributed by atoms with E-state index >= 15 is 0 Å². The lowest BCUT2D eigenvalue weighted by molar-refractivity contribution is 0.0693. The van der Waals surface area contributed by atoms with Crippen molar-refractivity contribution in [3.8, 4) is 5.75 Å². The number of carbonyl (C=O) groups is 2. The predicted molar refractivity (Wildman–Crippen MR) is 83.0 cm³/mol. The number of halogens is 1. The molecular formula is C15H12BrNO5. The summed E-state index contributed by atoms with van der Waals surface area (Å²) in [6, 6.07) is 11.7. The van der Waals surface area contributed by atoms with Crippen LogP contribution in [0.2, 0.25) is 0 Å². The maximum Gasteiger partial charge on any atom is 0.411 e. The minimum atomic E-state index is -1.31. The van der Waals surface area contributed by atoms with Crippen LogP contribution in [0.15, 0.2) is 46.9 Å². The number of hydrogen-bond donors (Lipinski definition) is 3. The zero-order chi connectivity index (χ0) is 16.1. The number of carbonyl (C=O) groups excluding carboxylic acids is 1. The average molecular weight is 366 g/mol. The van der Waals surface area contributed by atoms with Crippen LogP contribution in [-0.4, -0.2) is 22.3 Å². The highest BCUT2D eigenvalue weighted by molar-refractivity contribution is 9.10. The molecule has 0 aliphatic carbocycles. The third-order valence-corrected chi connectivity index (χ3v) is 3.36. The largest absolute Gasteiger partial charge is 0.506 e. The summed E-state index contributed by atoms with van der Waals surface area (Å²) in [6.07, 6.45) is -0.724. The van der Waals surface area contributed by atoms with E-state index in [-0.39, 0.29) is 22.3 Å². The molecule has 2 aromatic rings. The third-order valence-electron chi connectivity index (χ3n) is 2.75. The third kappa shape index (κ3) is 3.98. The Labute approximate surface area is 134 Å². The standard InChI is InChI=1S/C15H12BrNO5/c16-12-7-10(6-11(13(12)18)14(19)20)17-15(21)22-8-9-4-2-1-3-5-9/h1-7,18H,8H2,(H,17,21)(H,19,20). The Hall–Kier alpha value is -2.54. The van der Waals surface area contributed by atoms with Gasteiger partial charge in [0.15, 0.2) is 0 Å². The Morgan fingerprint density at radius 3 is 2.50 bits per heavy atom. The number of phenols is 1. The van der Waals surface area contributed by atoms with Crippen LogP contribution in [0.5, 0.6) is 5.75 Å². The first-order valence-corrected chi connectivity index (χ1v) is 7.00. The van der Waals surface area contributed by atoms with Crippen molar-refractivity contribution >= 4 is 33.7 Å². The van der Waals surface area contributed by atoms with Crippen molar-refractivity contribution in [1.82, 2.24) is 0 Å². The highest BCUT2D eigenvalue weighted by Gasteiger charge is 2.15. The van der Waals surface area contributed by atoms with E-state index in [0.717, 1.165) is 11.6 Å². The van der Waals surface area contributed by atoms with Crippen LogP contribution < -0.4 is 5.32 Å². The van der Waals surface area contributed by atoms with Crippen molar-refractivity contribution in [3.05, 3.63) is 58.1 Å². The molecule has 6 nitrogen and oxygen atoms in total. The summed E-state index contributed by atoms with van der Waals surface area (Å²) in [6.45, 7) is 0.0950. The van der Waals surface area contributed by atoms with Crippen molar-refractivity contribution in [2.45, 2.75) is 6.61 Å². The molecule has 1 amide bonds. The second-order valence-electron chi connectivity index (χ2n) is 4.35. The van der Waals surface area contributed by atoms with E-state index in [2.05, 4.69) is 21.2 Å². The van der Waals surface area contributed by atoms with E-state index in [1.807, 2.05) is 30.3 Å². The lowest BCUT2D eigenvalue weighted by Crippen LogP contribution is -2.14. The van der Waals surface area contributed by atoms with Crippen LogP contribution in [-0.2, 0) is 11.3 Å². The van der Waals surface area contributed by atoms with Crippen LogP contribution in [0.25, 0.3) is 0 Å². The van der Waals surface area contributed by atoms with Gasteiger partial charge in [-0.05, 0) is 33.6 Å². The van der Waals surface area contributed by atoms with E-state index in [1.54, 1.807) is 0 Å². The summed E-state index contributed by atoms with van der Waals surface area (Å²) in [7, 11) is 0. The Bertz CT molecular complexity index is 703. The first-order chi connectivity index (χ1) is 10.5. The molecule has 2 aromatic carbocycles. The zero-order valence-corrected chi connectivity index (χ0v) is 12.8. The molecule has 0 bridgehead atoms. The second-order valence-corrected chi connectivity index (χ2v) is 5.20. The second kappa shape index (κ2) is 6.95. The SMILES string of the molecule is O=C(Nc1cc(Br)c(O)c(C(=O)O)c1)OCc1ccccc1. The van der Waals surface area contributed by atoms with Crippen molar-refractivity contribution in [2.24, 2.45) is 0 Å². The number of carboxylic acid groups (broad SMARTS) is 1. The van der Waals surface area contributed by atoms with Crippen LogP contribution >= 0.6 is 15.9 Å². The molecule has 0 aliphatic heterocycles. The van der Waals surface area contributed by atoms with Gasteiger partial charge in [0.25, 0.3) is 0 Å². The number of amides is 1. The van der Waals surface area contributed by atoms with Crippen molar-refractivity contribution < 1.29 is 24.5 Å². The summed E-state index contributed by atoms with van der Waals surface area (Å²) >= 11 is 3.03. The van der Waals surface area contributed by atoms with Crippen LogP contribution in [0, 0.1) is 0 Å². The number of carboxylic acids is 1. The molecule has 114 valence electrons. The monoisotopic (exact) mass is 365 g/mol. The number of nitrogens with one attached hydrogen (secondary N) is 1. The molecule has 0 heterocycles. The molecule has 0 saturated heterocycles. The van der Waals surface area contributed by atoms with Gasteiger partial charge in [-0.2, -0.15) is 0 Å². The van der Waals surface area contributed by atoms with Crippen LogP contribution in [0.3, 0.4) is 0 Å². The Kier molecular flexibility index (Phi) is 5.00. The molecule has 0 aliphatic rings. The molecular weight excluding hydrogens is 354 g/mol. The maximum atomic E-state index is 11.7. The van der Waals surface area contributed by atoms with Gasteiger partial charge in [-0.25, -0.2) is 9.59 Å². The van der Waals surface area contributed by atoms with Crippen LogP contribution in [0.4, 0.5) is 10.5 Å². The summed E-state index contributed by atoms with van der Waals surface area (Å²) in [5, 5.41) is 21.0. The highest BCUT2D eigenvalue weighted by atomic mass is 79.9. The number of benzene rings is 2. The van der Waals surface area contributed by atoms with E-state index in [4.69, 9.17) is 9.84 Å². The average Bonchev–Trinajstić information content (AvgIpc) is 2.49. The summed E-state index contributed by atoms with van der Waals surface area (Å²) in [5.74, 6) is -1.71. The van der Waals surface area contributed by atoms with E-state index < -0.39 is 17.8 Å². The molecule has 0 aromatic heterocycles. The molecule has 0 saturated carbocycles. The number of ether oxygens (including phenoxy) is 1. The lowest BCUT2D eigenvalue weighted by Gasteiger charge is -2.09. The summed E-state index contributed by atoms with van der Waals surface area (Å²) in [5.41, 5.74) is 0.698. The Morgan fingerprint density at radius 1 is 1.18 bits per heavy atom. The molecule has 7 heteroatoms. The smallest absolute Gasteiger partial charge is 0.411 e. The van der Waals surface area contributed by atoms with Gasteiger partial charge < -0.3 is 14.9 Å². The molecule has 22 heavy (non-hydrogen) atoms. The van der Waals surface area contributed by atoms with Gasteiger partial charge in [0.1, 0.15) is 17.9 Å². The van der Waals surface area contributed by atoms with Gasteiger partial charge in [0.2, 0.25) is 0 Å². The van der Waals surface area contributed by atoms with Crippen molar-refractivity contribution in [1.29, 1.82) is 0 Å². The summed E-state index contributed by atoms with van der Waals surface area (Å²) in [4.78, 5) is 22.7. The quantitative estimate of drug-likeness (QED) is 0.719. The van der Waals surface area contributed by atoms with E-state index in [9.17, 15) is 14.7 Å². The van der Waals surface area contributed by atoms with Gasteiger partial charge in [0, 0.05) is 5.69 Å². The Balaban J connectivity index is 2.04. The van der Waals surface area contributed by atoms with E-state index in [1.165, 1.54) is 6.07 Å². The predicted octanol–water partition coefficient (Wildman–Crippen LogP) is 3.60. The summed E-state index contributed by atoms with van der Waals surface area (Å²) < 4.78 is 5.19. The van der Waals surface area contributed by atoms with Gasteiger partial charge in [-0.3, -0.25) is 5.32 Å². The number of rotatable bonds is 4. The molecule has 0 atom stereocenters. The molecule has 0 radical (unpaired) electrons. The van der Waals surface area contributed by atoms with Crippen LogP contribution in [0.1, 0.15) is 15.9 Å². The highest BCUT2D eigenvalue weighted by Crippen LogP contribution is 2.31. The molecule has 2 rings (SSSR count). The van der Waals surface area contributed by atoms with Gasteiger partial charge >= 0.3 is 12.1 Å². The normalized spacial score (nSPS) is 10.0. The number of hydrogen-bond acceptors (Lipinski definition) is 4. The van der Waals surface area contributed by atoms with Crippen molar-refractivity contribution in [3.63, 3.8) is 0 Å². The molecule has 0 spiro atoms. The minimum Gasteiger partial charge on any atom is -0.506 e. The lowest BCUT2D eigenvalue weighted by atomic mass is 10.2. The number of anilines is 1. The maximum absolute atomic E-state index is 11.7. The first-order valence-electron chi connectivity index (χ1n) is 6.21. The van der Waals surface area contributed by atoms with Crippen molar-refractivity contribution in [2.75, 3.05) is 5.32 Å². The van der Waals surface area contributed by atoms with Gasteiger partial charge in [0.05, 0.1) is 4.47 Å². The first kappa shape index (κ1) is 15.8. The fourth-order valence-corrected chi connectivity index (χ4v) is 2.17. The topological polar surface area (TPSA) is 95.9 Å². The van der Waals surface area contributed by atoms with Gasteiger partial charge in [-0.15, -0.1) is 0 Å². The van der Waals surface area contributed by atoms with E-state index in [0.29, 0.717) is 0 Å².